The summed E-state index contributed by atoms with van der Waals surface area (Å²) in [4.78, 5) is 0. The number of aromatic nitrogens is 2. The van der Waals surface area contributed by atoms with Gasteiger partial charge in [-0.1, -0.05) is 13.3 Å². The van der Waals surface area contributed by atoms with E-state index in [9.17, 15) is 0 Å². The van der Waals surface area contributed by atoms with Crippen LogP contribution in [0.25, 0.3) is 0 Å². The lowest BCUT2D eigenvalue weighted by atomic mass is 10.1. The molecule has 1 heterocycles. The minimum Gasteiger partial charge on any atom is -0.314 e. The molecule has 2 atom stereocenters. The van der Waals surface area contributed by atoms with Gasteiger partial charge in [0, 0.05) is 19.3 Å². The molecule has 0 radical (unpaired) electrons. The molecule has 2 rings (SSSR count). The number of aryl methyl sites for hydroxylation is 2. The van der Waals surface area contributed by atoms with Gasteiger partial charge in [0.1, 0.15) is 0 Å². The van der Waals surface area contributed by atoms with Crippen molar-refractivity contribution >= 4 is 0 Å². The molecule has 3 heteroatoms. The van der Waals surface area contributed by atoms with Crippen molar-refractivity contribution in [2.45, 2.75) is 45.1 Å². The van der Waals surface area contributed by atoms with Crippen LogP contribution in [0.3, 0.4) is 0 Å². The van der Waals surface area contributed by atoms with Crippen molar-refractivity contribution in [3.8, 4) is 0 Å². The standard InChI is InChI=1S/C13H23N3/c1-11-5-3-7-13(11)14-8-4-6-12-9-15-16(2)10-12/h9-11,13-14H,3-8H2,1-2H3. The average Bonchev–Trinajstić information content (AvgIpc) is 2.83. The van der Waals surface area contributed by atoms with Crippen LogP contribution in [0.15, 0.2) is 12.4 Å². The van der Waals surface area contributed by atoms with E-state index >= 15 is 0 Å². The fraction of sp³-hybridized carbons (Fsp3) is 0.769. The van der Waals surface area contributed by atoms with E-state index in [4.69, 9.17) is 0 Å². The maximum absolute atomic E-state index is 4.18. The quantitative estimate of drug-likeness (QED) is 0.772. The van der Waals surface area contributed by atoms with E-state index in [-0.39, 0.29) is 0 Å². The Morgan fingerprint density at radius 1 is 1.50 bits per heavy atom. The number of nitrogens with zero attached hydrogens (tertiary/aromatic N) is 2. The van der Waals surface area contributed by atoms with Crippen molar-refractivity contribution in [1.82, 2.24) is 15.1 Å². The van der Waals surface area contributed by atoms with E-state index in [1.165, 1.54) is 31.2 Å². The summed E-state index contributed by atoms with van der Waals surface area (Å²) >= 11 is 0. The van der Waals surface area contributed by atoms with Crippen LogP contribution in [-0.4, -0.2) is 22.4 Å². The van der Waals surface area contributed by atoms with Crippen LogP contribution in [-0.2, 0) is 13.5 Å². The highest BCUT2D eigenvalue weighted by Gasteiger charge is 2.21. The Balaban J connectivity index is 1.61. The maximum atomic E-state index is 4.18. The second-order valence-electron chi connectivity index (χ2n) is 5.09. The second-order valence-corrected chi connectivity index (χ2v) is 5.09. The second kappa shape index (κ2) is 5.48. The highest BCUT2D eigenvalue weighted by atomic mass is 15.2. The molecule has 1 aliphatic carbocycles. The van der Waals surface area contributed by atoms with Crippen LogP contribution >= 0.6 is 0 Å². The SMILES string of the molecule is CC1CCCC1NCCCc1cnn(C)c1. The predicted molar refractivity (Wildman–Crippen MR) is 66.3 cm³/mol. The van der Waals surface area contributed by atoms with Gasteiger partial charge in [0.05, 0.1) is 6.20 Å². The minimum absolute atomic E-state index is 0.772. The molecule has 1 fully saturated rings. The largest absolute Gasteiger partial charge is 0.314 e. The van der Waals surface area contributed by atoms with Crippen LogP contribution in [0.1, 0.15) is 38.2 Å². The van der Waals surface area contributed by atoms with Crippen molar-refractivity contribution < 1.29 is 0 Å². The lowest BCUT2D eigenvalue weighted by Gasteiger charge is -2.16. The van der Waals surface area contributed by atoms with Gasteiger partial charge in [-0.05, 0) is 43.7 Å². The van der Waals surface area contributed by atoms with E-state index < -0.39 is 0 Å². The number of hydrogen-bond donors (Lipinski definition) is 1. The molecular weight excluding hydrogens is 198 g/mol. The molecule has 1 aromatic heterocycles. The van der Waals surface area contributed by atoms with Gasteiger partial charge in [0.25, 0.3) is 0 Å². The molecule has 2 unspecified atom stereocenters. The van der Waals surface area contributed by atoms with Gasteiger partial charge < -0.3 is 5.32 Å². The van der Waals surface area contributed by atoms with Crippen molar-refractivity contribution in [3.05, 3.63) is 18.0 Å². The molecular formula is C13H23N3. The first-order valence-corrected chi connectivity index (χ1v) is 6.46. The van der Waals surface area contributed by atoms with E-state index in [0.29, 0.717) is 0 Å². The Hall–Kier alpha value is -0.830. The first-order chi connectivity index (χ1) is 7.75. The Morgan fingerprint density at radius 3 is 3.00 bits per heavy atom. The predicted octanol–water partition coefficient (Wildman–Crippen LogP) is 2.13. The van der Waals surface area contributed by atoms with Crippen LogP contribution in [0, 0.1) is 5.92 Å². The number of rotatable bonds is 5. The molecule has 0 saturated heterocycles. The summed E-state index contributed by atoms with van der Waals surface area (Å²) in [7, 11) is 1.97. The molecule has 0 aliphatic heterocycles. The van der Waals surface area contributed by atoms with E-state index in [1.807, 2.05) is 17.9 Å². The summed E-state index contributed by atoms with van der Waals surface area (Å²) in [5.41, 5.74) is 1.35. The third-order valence-electron chi connectivity index (χ3n) is 3.67. The lowest BCUT2D eigenvalue weighted by molar-refractivity contribution is 0.424. The van der Waals surface area contributed by atoms with E-state index in [1.54, 1.807) is 0 Å². The molecule has 0 aromatic carbocycles. The first-order valence-electron chi connectivity index (χ1n) is 6.46. The molecule has 0 amide bonds. The fourth-order valence-corrected chi connectivity index (χ4v) is 2.63. The van der Waals surface area contributed by atoms with Crippen molar-refractivity contribution in [2.75, 3.05) is 6.54 Å². The Morgan fingerprint density at radius 2 is 2.38 bits per heavy atom. The summed E-state index contributed by atoms with van der Waals surface area (Å²) in [6.07, 6.45) is 10.6. The zero-order valence-corrected chi connectivity index (χ0v) is 10.4. The molecule has 3 nitrogen and oxygen atoms in total. The Bertz CT molecular complexity index is 319. The van der Waals surface area contributed by atoms with Crippen LogP contribution in [0.2, 0.25) is 0 Å². The molecule has 1 N–H and O–H groups in total. The van der Waals surface area contributed by atoms with Gasteiger partial charge in [-0.15, -0.1) is 0 Å². The van der Waals surface area contributed by atoms with Crippen molar-refractivity contribution in [3.63, 3.8) is 0 Å². The summed E-state index contributed by atoms with van der Waals surface area (Å²) < 4.78 is 1.88. The smallest absolute Gasteiger partial charge is 0.0521 e. The van der Waals surface area contributed by atoms with Gasteiger partial charge in [-0.25, -0.2) is 0 Å². The van der Waals surface area contributed by atoms with Gasteiger partial charge in [0.2, 0.25) is 0 Å². The van der Waals surface area contributed by atoms with Gasteiger partial charge in [-0.2, -0.15) is 5.10 Å². The fourth-order valence-electron chi connectivity index (χ4n) is 2.63. The third kappa shape index (κ3) is 3.08. The average molecular weight is 221 g/mol. The zero-order chi connectivity index (χ0) is 11.4. The molecule has 16 heavy (non-hydrogen) atoms. The lowest BCUT2D eigenvalue weighted by Crippen LogP contribution is -2.31. The summed E-state index contributed by atoms with van der Waals surface area (Å²) in [5, 5.41) is 7.86. The third-order valence-corrected chi connectivity index (χ3v) is 3.67. The van der Waals surface area contributed by atoms with Crippen molar-refractivity contribution in [2.24, 2.45) is 13.0 Å². The minimum atomic E-state index is 0.772. The summed E-state index contributed by atoms with van der Waals surface area (Å²) in [6, 6.07) is 0.772. The van der Waals surface area contributed by atoms with Gasteiger partial charge >= 0.3 is 0 Å². The number of hydrogen-bond acceptors (Lipinski definition) is 2. The molecule has 0 bridgehead atoms. The molecule has 90 valence electrons. The maximum Gasteiger partial charge on any atom is 0.0521 e. The topological polar surface area (TPSA) is 29.9 Å². The van der Waals surface area contributed by atoms with Crippen LogP contribution in [0.5, 0.6) is 0 Å². The zero-order valence-electron chi connectivity index (χ0n) is 10.4. The van der Waals surface area contributed by atoms with E-state index in [2.05, 4.69) is 23.5 Å². The first kappa shape index (κ1) is 11.6. The normalized spacial score (nSPS) is 25.1. The Labute approximate surface area is 98.2 Å². The van der Waals surface area contributed by atoms with Gasteiger partial charge in [0.15, 0.2) is 0 Å². The monoisotopic (exact) mass is 221 g/mol. The highest BCUT2D eigenvalue weighted by molar-refractivity contribution is 5.03. The van der Waals surface area contributed by atoms with Gasteiger partial charge in [-0.3, -0.25) is 4.68 Å². The Kier molecular flexibility index (Phi) is 3.99. The van der Waals surface area contributed by atoms with Crippen LogP contribution in [0.4, 0.5) is 0 Å². The van der Waals surface area contributed by atoms with Crippen LogP contribution < -0.4 is 5.32 Å². The number of nitrogens with one attached hydrogen (secondary N) is 1. The summed E-state index contributed by atoms with van der Waals surface area (Å²) in [6.45, 7) is 3.51. The molecule has 1 aromatic rings. The van der Waals surface area contributed by atoms with E-state index in [0.717, 1.165) is 24.9 Å². The molecule has 1 aliphatic rings. The highest BCUT2D eigenvalue weighted by Crippen LogP contribution is 2.24. The summed E-state index contributed by atoms with van der Waals surface area (Å²) in [5.74, 6) is 0.874. The molecule has 0 spiro atoms. The van der Waals surface area contributed by atoms with Crippen molar-refractivity contribution in [1.29, 1.82) is 0 Å². The molecule has 1 saturated carbocycles.